The third kappa shape index (κ3) is 23.3. The number of hydrogen-bond donors (Lipinski definition) is 0. The Labute approximate surface area is 688 Å². The average Bonchev–Trinajstić information content (AvgIpc) is 1.55. The van der Waals surface area contributed by atoms with Gasteiger partial charge >= 0.3 is 0 Å². The molecule has 0 N–H and O–H groups in total. The Balaban J connectivity index is 0.881. The van der Waals surface area contributed by atoms with E-state index in [1.807, 2.05) is 80.4 Å². The summed E-state index contributed by atoms with van der Waals surface area (Å²) in [6.45, 7) is 10.4. The van der Waals surface area contributed by atoms with Gasteiger partial charge in [0.2, 0.25) is 0 Å². The molecule has 0 aromatic carbocycles. The normalized spacial score (nSPS) is 13.9. The smallest absolute Gasteiger partial charge is 0.261 e. The topological polar surface area (TPSA) is 66.4 Å². The van der Waals surface area contributed by atoms with Gasteiger partial charge in [0.15, 0.2) is 0 Å². The van der Waals surface area contributed by atoms with E-state index in [2.05, 4.69) is 145 Å². The molecule has 10 aromatic rings. The van der Waals surface area contributed by atoms with Crippen molar-refractivity contribution in [1.82, 2.24) is 19.8 Å². The number of rotatable bonds is 54. The van der Waals surface area contributed by atoms with Crippen molar-refractivity contribution in [3.63, 3.8) is 0 Å². The largest absolute Gasteiger partial charge is 0.304 e. The van der Waals surface area contributed by atoms with Crippen LogP contribution in [0.5, 0.6) is 0 Å². The molecule has 0 saturated carbocycles. The monoisotopic (exact) mass is 1630 g/mol. The number of carbonyl (C=O) groups excluding carboxylic acids is 2. The Morgan fingerprint density at radius 2 is 0.491 bits per heavy atom. The SMILES string of the molecule is CCCCCCCCCCCCC(CCCCCCCCCC)CN1C(=O)C2=C(c3ncc(-c4ccc(-c5ccc(-c6ccc(-c7cccs7)s6)s5)s4)s3)N(CC(CCCCCCCCCC)CCCCCCCCCCCC)C(=O)C2=C1c1ncc(-c2ccc(-c3ccc(-c4ccc(-c5cccs5)s4)s3)s2)s1. The molecule has 6 nitrogen and oxygen atoms in total. The van der Waals surface area contributed by atoms with Gasteiger partial charge in [-0.2, -0.15) is 0 Å². The summed E-state index contributed by atoms with van der Waals surface area (Å²) in [5.74, 6) is 0.504. The van der Waals surface area contributed by atoms with E-state index >= 15 is 9.59 Å². The summed E-state index contributed by atoms with van der Waals surface area (Å²) < 4.78 is 0. The molecule has 12 rings (SSSR count). The third-order valence-corrected chi connectivity index (χ3v) is 33.8. The van der Waals surface area contributed by atoms with Gasteiger partial charge in [-0.1, -0.05) is 271 Å². The molecule has 0 radical (unpaired) electrons. The van der Waals surface area contributed by atoms with Crippen LogP contribution in [0.3, 0.4) is 0 Å². The van der Waals surface area contributed by atoms with Crippen molar-refractivity contribution in [1.29, 1.82) is 0 Å². The molecule has 578 valence electrons. The molecule has 0 aliphatic carbocycles. The maximum absolute atomic E-state index is 16.6. The molecule has 10 aromatic heterocycles. The van der Waals surface area contributed by atoms with Crippen LogP contribution in [0.4, 0.5) is 0 Å². The summed E-state index contributed by atoms with van der Waals surface area (Å²) in [7, 11) is 0. The van der Waals surface area contributed by atoms with Gasteiger partial charge in [0, 0.05) is 93.8 Å². The summed E-state index contributed by atoms with van der Waals surface area (Å²) in [5, 5.41) is 5.84. The molecule has 2 amide bonds. The summed E-state index contributed by atoms with van der Waals surface area (Å²) in [6.07, 6.45) is 54.7. The van der Waals surface area contributed by atoms with Crippen LogP contribution in [0.25, 0.3) is 89.4 Å². The van der Waals surface area contributed by atoms with Crippen LogP contribution < -0.4 is 0 Å². The summed E-state index contributed by atoms with van der Waals surface area (Å²) in [5.41, 5.74) is 2.56. The fourth-order valence-corrected chi connectivity index (χ4v) is 26.0. The van der Waals surface area contributed by atoms with Gasteiger partial charge in [0.25, 0.3) is 11.8 Å². The number of hydrogen-bond acceptors (Lipinski definition) is 14. The number of amides is 2. The highest BCUT2D eigenvalue weighted by atomic mass is 32.1. The minimum Gasteiger partial charge on any atom is -0.304 e. The van der Waals surface area contributed by atoms with Gasteiger partial charge in [-0.05, 0) is 133 Å². The second-order valence-electron chi connectivity index (χ2n) is 30.5. The number of carbonyl (C=O) groups is 2. The Bertz CT molecular complexity index is 4050. The van der Waals surface area contributed by atoms with E-state index in [0.717, 1.165) is 92.3 Å². The molecular formula is C92H118N4O2S10. The number of unbranched alkanes of at least 4 members (excludes halogenated alkanes) is 32. The number of aromatic nitrogens is 2. The predicted molar refractivity (Wildman–Crippen MR) is 482 cm³/mol. The lowest BCUT2D eigenvalue weighted by molar-refractivity contribution is -0.124. The molecule has 2 aliphatic heterocycles. The van der Waals surface area contributed by atoms with Gasteiger partial charge in [0.05, 0.1) is 32.3 Å². The van der Waals surface area contributed by atoms with Crippen LogP contribution in [0, 0.1) is 11.8 Å². The molecule has 108 heavy (non-hydrogen) atoms. The molecule has 16 heteroatoms. The first kappa shape index (κ1) is 82.7. The van der Waals surface area contributed by atoms with Crippen LogP contribution in [0.2, 0.25) is 0 Å². The van der Waals surface area contributed by atoms with Gasteiger partial charge < -0.3 is 9.80 Å². The average molecular weight is 1630 g/mol. The highest BCUT2D eigenvalue weighted by Gasteiger charge is 2.51. The van der Waals surface area contributed by atoms with E-state index in [9.17, 15) is 0 Å². The van der Waals surface area contributed by atoms with Crippen molar-refractivity contribution in [2.45, 2.75) is 285 Å². The quantitative estimate of drug-likeness (QED) is 0.0356. The Kier molecular flexibility index (Phi) is 34.2. The van der Waals surface area contributed by atoms with Crippen LogP contribution in [-0.2, 0) is 9.59 Å². The molecule has 0 bridgehead atoms. The van der Waals surface area contributed by atoms with Crippen molar-refractivity contribution >= 4 is 137 Å². The van der Waals surface area contributed by atoms with E-state index in [1.54, 1.807) is 45.3 Å². The highest BCUT2D eigenvalue weighted by molar-refractivity contribution is 7.31. The molecule has 0 fully saturated rings. The van der Waals surface area contributed by atoms with Crippen LogP contribution in [0.1, 0.15) is 295 Å². The summed E-state index contributed by atoms with van der Waals surface area (Å²) in [6, 6.07) is 35.9. The zero-order valence-electron chi connectivity index (χ0n) is 65.1. The lowest BCUT2D eigenvalue weighted by Crippen LogP contribution is -2.35. The first-order valence-corrected chi connectivity index (χ1v) is 50.3. The van der Waals surface area contributed by atoms with Crippen molar-refractivity contribution < 1.29 is 9.59 Å². The standard InChI is InChI=1S/C92H118N4O2S10/c1-5-9-13-17-21-25-27-31-35-39-45-67(43-37-33-29-23-19-15-11-7-3)65-95-87(89-93-63-83(107-89)81-59-57-79(105-81)77-55-53-75(103-77)73-51-49-71(101-73)69-47-41-61-99-69)85-86(91(95)97)88(96(92(85)98)66-68(44-38-34-30-24-20-16-12-8-4)46-40-36-32-28-26-22-18-14-10-6-2)90-94-64-84(108-90)82-60-58-80(106-82)78-56-54-76(104-78)74-52-50-72(102-74)70-48-42-62-100-70/h41-42,47-64,67-68H,5-40,43-46,65-66H2,1-4H3. The van der Waals surface area contributed by atoms with Crippen LogP contribution >= 0.6 is 113 Å². The molecular weight excluding hydrogens is 1510 g/mol. The van der Waals surface area contributed by atoms with E-state index in [4.69, 9.17) is 9.97 Å². The van der Waals surface area contributed by atoms with Gasteiger partial charge in [-0.3, -0.25) is 9.59 Å². The fourth-order valence-electron chi connectivity index (χ4n) is 15.8. The maximum Gasteiger partial charge on any atom is 0.261 e. The fraction of sp³-hybridized carbons (Fsp3) is 0.522. The number of thiophene rings is 8. The zero-order valence-corrected chi connectivity index (χ0v) is 73.3. The molecule has 12 heterocycles. The predicted octanol–water partition coefficient (Wildman–Crippen LogP) is 33.2. The number of fused-ring (bicyclic) bond motifs is 1. The minimum atomic E-state index is -0.0435. The highest BCUT2D eigenvalue weighted by Crippen LogP contribution is 2.53. The van der Waals surface area contributed by atoms with Crippen LogP contribution in [-0.4, -0.2) is 44.7 Å². The minimum absolute atomic E-state index is 0.0435. The summed E-state index contributed by atoms with van der Waals surface area (Å²) in [4.78, 5) is 68.1. The van der Waals surface area contributed by atoms with Gasteiger partial charge in [0.1, 0.15) is 10.0 Å². The van der Waals surface area contributed by atoms with E-state index < -0.39 is 0 Å². The maximum atomic E-state index is 16.6. The Morgan fingerprint density at radius 1 is 0.269 bits per heavy atom. The molecule has 0 saturated heterocycles. The van der Waals surface area contributed by atoms with Crippen molar-refractivity contribution in [2.75, 3.05) is 13.1 Å². The third-order valence-electron chi connectivity index (χ3n) is 22.0. The molecule has 2 aliphatic rings. The summed E-state index contributed by atoms with van der Waals surface area (Å²) >= 11 is 18.0. The van der Waals surface area contributed by atoms with Crippen LogP contribution in [0.15, 0.2) is 131 Å². The zero-order chi connectivity index (χ0) is 74.5. The first-order chi connectivity index (χ1) is 53.3. The van der Waals surface area contributed by atoms with E-state index in [-0.39, 0.29) is 11.8 Å². The second-order valence-corrected chi connectivity index (χ2v) is 40.9. The lowest BCUT2D eigenvalue weighted by Gasteiger charge is -2.29. The van der Waals surface area contributed by atoms with Crippen molar-refractivity contribution in [2.24, 2.45) is 11.8 Å². The Morgan fingerprint density at radius 3 is 0.722 bits per heavy atom. The Hall–Kier alpha value is -4.72. The van der Waals surface area contributed by atoms with Crippen molar-refractivity contribution in [3.05, 3.63) is 141 Å². The van der Waals surface area contributed by atoms with Gasteiger partial charge in [-0.25, -0.2) is 9.97 Å². The molecule has 0 spiro atoms. The molecule has 2 atom stereocenters. The second kappa shape index (κ2) is 44.7. The lowest BCUT2D eigenvalue weighted by atomic mass is 9.93. The van der Waals surface area contributed by atoms with E-state index in [0.29, 0.717) is 36.1 Å². The first-order valence-electron chi connectivity index (χ1n) is 42.0. The number of nitrogens with zero attached hydrogens (tertiary/aromatic N) is 4. The number of thiazole rings is 2. The van der Waals surface area contributed by atoms with Gasteiger partial charge in [-0.15, -0.1) is 113 Å². The van der Waals surface area contributed by atoms with E-state index in [1.165, 1.54) is 264 Å². The molecule has 2 unspecified atom stereocenters. The van der Waals surface area contributed by atoms with Crippen molar-refractivity contribution in [3.8, 4) is 78.0 Å².